The van der Waals surface area contributed by atoms with E-state index in [1.165, 1.54) is 18.2 Å². The maximum atomic E-state index is 13.0. The van der Waals surface area contributed by atoms with Gasteiger partial charge in [0.05, 0.1) is 18.0 Å². The van der Waals surface area contributed by atoms with E-state index in [2.05, 4.69) is 4.72 Å². The lowest BCUT2D eigenvalue weighted by atomic mass is 10.2. The molecule has 0 aliphatic carbocycles. The van der Waals surface area contributed by atoms with Gasteiger partial charge in [0.1, 0.15) is 0 Å². The third-order valence-corrected chi connectivity index (χ3v) is 4.26. The number of hydrogen-bond acceptors (Lipinski definition) is 4. The molecule has 23 heavy (non-hydrogen) atoms. The van der Waals surface area contributed by atoms with Crippen molar-refractivity contribution in [2.24, 2.45) is 5.73 Å². The summed E-state index contributed by atoms with van der Waals surface area (Å²) in [6, 6.07) is 4.83. The number of nitrogens with two attached hydrogens (primary N) is 1. The van der Waals surface area contributed by atoms with Gasteiger partial charge in [-0.3, -0.25) is 4.79 Å². The summed E-state index contributed by atoms with van der Waals surface area (Å²) in [4.78, 5) is 11.7. The molecule has 0 unspecified atom stereocenters. The Labute approximate surface area is 140 Å². The topological polar surface area (TPSA) is 101 Å². The second-order valence-corrected chi connectivity index (χ2v) is 6.76. The van der Waals surface area contributed by atoms with Gasteiger partial charge in [0.2, 0.25) is 10.0 Å². The highest BCUT2D eigenvalue weighted by molar-refractivity contribution is 7.89. The average Bonchev–Trinajstić information content (AvgIpc) is 2.43. The van der Waals surface area contributed by atoms with Gasteiger partial charge in [-0.15, -0.1) is 12.4 Å². The number of carbonyl (C=O) groups excluding carboxylic acids is 1. The molecule has 0 heterocycles. The summed E-state index contributed by atoms with van der Waals surface area (Å²) >= 11 is 0. The van der Waals surface area contributed by atoms with Crippen molar-refractivity contribution in [2.45, 2.75) is 30.7 Å². The molecule has 0 aromatic heterocycles. The number of sulfonamides is 1. The van der Waals surface area contributed by atoms with E-state index in [0.29, 0.717) is 0 Å². The second-order valence-electron chi connectivity index (χ2n) is 5.05. The van der Waals surface area contributed by atoms with Crippen molar-refractivity contribution < 1.29 is 22.0 Å². The second kappa shape index (κ2) is 8.53. The van der Waals surface area contributed by atoms with E-state index in [9.17, 15) is 22.0 Å². The fourth-order valence-electron chi connectivity index (χ4n) is 1.57. The molecule has 0 saturated heterocycles. The summed E-state index contributed by atoms with van der Waals surface area (Å²) in [5.74, 6) is -4.01. The quantitative estimate of drug-likeness (QED) is 0.668. The van der Waals surface area contributed by atoms with E-state index in [-0.39, 0.29) is 28.9 Å². The number of benzene rings is 1. The van der Waals surface area contributed by atoms with Crippen LogP contribution in [0.25, 0.3) is 0 Å². The van der Waals surface area contributed by atoms with Crippen molar-refractivity contribution in [3.8, 4) is 0 Å². The van der Waals surface area contributed by atoms with E-state index >= 15 is 0 Å². The van der Waals surface area contributed by atoms with Gasteiger partial charge in [0.15, 0.2) is 0 Å². The molecule has 6 nitrogen and oxygen atoms in total. The summed E-state index contributed by atoms with van der Waals surface area (Å²) in [5.41, 5.74) is 4.84. The third kappa shape index (κ3) is 6.78. The van der Waals surface area contributed by atoms with Crippen molar-refractivity contribution >= 4 is 28.3 Å². The van der Waals surface area contributed by atoms with Crippen LogP contribution in [0.15, 0.2) is 29.2 Å². The first-order chi connectivity index (χ1) is 10.1. The molecule has 4 N–H and O–H groups in total. The molecule has 1 aromatic carbocycles. The van der Waals surface area contributed by atoms with Crippen molar-refractivity contribution in [1.82, 2.24) is 10.0 Å². The highest BCUT2D eigenvalue weighted by Gasteiger charge is 2.27. The van der Waals surface area contributed by atoms with Gasteiger partial charge in [-0.1, -0.05) is 6.07 Å². The van der Waals surface area contributed by atoms with Gasteiger partial charge < -0.3 is 11.1 Å². The Bertz CT molecular complexity index is 639. The van der Waals surface area contributed by atoms with E-state index in [1.807, 2.05) is 5.32 Å². The molecule has 0 aliphatic rings. The SMILES string of the molecule is CC(C)NS(=O)(=O)c1cccc(C(=O)NCC(F)(F)CN)c1.Cl. The first-order valence-electron chi connectivity index (χ1n) is 6.56. The van der Waals surface area contributed by atoms with Gasteiger partial charge in [-0.05, 0) is 32.0 Å². The minimum absolute atomic E-state index is 0. The van der Waals surface area contributed by atoms with Crippen LogP contribution in [0.3, 0.4) is 0 Å². The summed E-state index contributed by atoms with van der Waals surface area (Å²) in [6.45, 7) is 1.51. The Balaban J connectivity index is 0.00000484. The maximum absolute atomic E-state index is 13.0. The molecule has 0 atom stereocenters. The van der Waals surface area contributed by atoms with Crippen LogP contribution in [0.1, 0.15) is 24.2 Å². The van der Waals surface area contributed by atoms with E-state index in [4.69, 9.17) is 5.73 Å². The summed E-state index contributed by atoms with van der Waals surface area (Å²) in [6.07, 6.45) is 0. The zero-order valence-corrected chi connectivity index (χ0v) is 14.3. The first-order valence-corrected chi connectivity index (χ1v) is 8.04. The number of carbonyl (C=O) groups is 1. The van der Waals surface area contributed by atoms with E-state index in [0.717, 1.165) is 6.07 Å². The number of rotatable bonds is 7. The van der Waals surface area contributed by atoms with E-state index < -0.39 is 34.9 Å². The van der Waals surface area contributed by atoms with Crippen LogP contribution in [-0.2, 0) is 10.0 Å². The Morgan fingerprint density at radius 3 is 2.48 bits per heavy atom. The number of amides is 1. The molecule has 0 saturated carbocycles. The fourth-order valence-corrected chi connectivity index (χ4v) is 2.86. The Morgan fingerprint density at radius 2 is 1.96 bits per heavy atom. The molecule has 0 spiro atoms. The van der Waals surface area contributed by atoms with Gasteiger partial charge in [0, 0.05) is 11.6 Å². The lowest BCUT2D eigenvalue weighted by Crippen LogP contribution is -2.41. The molecule has 0 bridgehead atoms. The molecule has 1 aromatic rings. The monoisotopic (exact) mass is 371 g/mol. The molecule has 1 amide bonds. The van der Waals surface area contributed by atoms with Gasteiger partial charge in [-0.2, -0.15) is 0 Å². The lowest BCUT2D eigenvalue weighted by molar-refractivity contribution is 0.0118. The predicted octanol–water partition coefficient (Wildman–Crippen LogP) is 1.12. The fraction of sp³-hybridized carbons (Fsp3) is 0.462. The number of hydrogen-bond donors (Lipinski definition) is 3. The van der Waals surface area contributed by atoms with Crippen molar-refractivity contribution in [3.05, 3.63) is 29.8 Å². The molecular formula is C13H20ClF2N3O3S. The van der Waals surface area contributed by atoms with Crippen LogP contribution >= 0.6 is 12.4 Å². The van der Waals surface area contributed by atoms with Crippen LogP contribution in [0.2, 0.25) is 0 Å². The zero-order valence-electron chi connectivity index (χ0n) is 12.7. The van der Waals surface area contributed by atoms with Crippen LogP contribution in [0.5, 0.6) is 0 Å². The Hall–Kier alpha value is -1.29. The molecule has 0 radical (unpaired) electrons. The minimum atomic E-state index is -3.76. The van der Waals surface area contributed by atoms with E-state index in [1.54, 1.807) is 13.8 Å². The normalized spacial score (nSPS) is 11.9. The van der Waals surface area contributed by atoms with Crippen molar-refractivity contribution in [3.63, 3.8) is 0 Å². The smallest absolute Gasteiger partial charge is 0.277 e. The molecule has 0 aliphatic heterocycles. The molecule has 0 fully saturated rings. The van der Waals surface area contributed by atoms with Crippen LogP contribution in [0, 0.1) is 0 Å². The number of nitrogens with one attached hydrogen (secondary N) is 2. The summed E-state index contributed by atoms with van der Waals surface area (Å²) in [7, 11) is -3.76. The third-order valence-electron chi connectivity index (χ3n) is 2.60. The zero-order chi connectivity index (χ0) is 17.0. The van der Waals surface area contributed by atoms with Crippen molar-refractivity contribution in [2.75, 3.05) is 13.1 Å². The average molecular weight is 372 g/mol. The highest BCUT2D eigenvalue weighted by atomic mass is 35.5. The summed E-state index contributed by atoms with van der Waals surface area (Å²) in [5, 5.41) is 2.03. The van der Waals surface area contributed by atoms with Gasteiger partial charge in [-0.25, -0.2) is 21.9 Å². The largest absolute Gasteiger partial charge is 0.346 e. The molecular weight excluding hydrogens is 352 g/mol. The van der Waals surface area contributed by atoms with Crippen LogP contribution in [-0.4, -0.2) is 39.4 Å². The molecule has 132 valence electrons. The van der Waals surface area contributed by atoms with Gasteiger partial charge >= 0.3 is 0 Å². The van der Waals surface area contributed by atoms with Crippen LogP contribution < -0.4 is 15.8 Å². The molecule has 1 rings (SSSR count). The predicted molar refractivity (Wildman–Crippen MR) is 85.5 cm³/mol. The number of halogens is 3. The minimum Gasteiger partial charge on any atom is -0.346 e. The number of alkyl halides is 2. The van der Waals surface area contributed by atoms with Crippen molar-refractivity contribution in [1.29, 1.82) is 0 Å². The molecule has 10 heteroatoms. The lowest BCUT2D eigenvalue weighted by Gasteiger charge is -2.15. The van der Waals surface area contributed by atoms with Gasteiger partial charge in [0.25, 0.3) is 11.8 Å². The first kappa shape index (κ1) is 21.7. The Kier molecular flexibility index (Phi) is 8.05. The van der Waals surface area contributed by atoms with Crippen LogP contribution in [0.4, 0.5) is 8.78 Å². The Morgan fingerprint density at radius 1 is 1.35 bits per heavy atom. The standard InChI is InChI=1S/C13H19F2N3O3S.ClH/c1-9(2)18-22(20,21)11-5-3-4-10(6-11)12(19)17-8-13(14,15)7-16;/h3-6,9,18H,7-8,16H2,1-2H3,(H,17,19);1H. The maximum Gasteiger partial charge on any atom is 0.277 e. The summed E-state index contributed by atoms with van der Waals surface area (Å²) < 4.78 is 52.4. The highest BCUT2D eigenvalue weighted by Crippen LogP contribution is 2.13.